The second kappa shape index (κ2) is 9.15. The van der Waals surface area contributed by atoms with Crippen molar-refractivity contribution in [1.82, 2.24) is 4.90 Å². The van der Waals surface area contributed by atoms with E-state index in [4.69, 9.17) is 5.73 Å². The Morgan fingerprint density at radius 2 is 2.06 bits per heavy atom. The summed E-state index contributed by atoms with van der Waals surface area (Å²) in [5.74, 6) is 1.23. The van der Waals surface area contributed by atoms with Gasteiger partial charge in [-0.3, -0.25) is 4.99 Å². The van der Waals surface area contributed by atoms with E-state index in [1.165, 1.54) is 44.4 Å². The number of amidine groups is 1. The Hall–Kier alpha value is -0.830. The normalized spacial score (nSPS) is 17.5. The lowest BCUT2D eigenvalue weighted by molar-refractivity contribution is 0.359. The first-order valence-corrected chi connectivity index (χ1v) is 7.46. The fourth-order valence-corrected chi connectivity index (χ4v) is 2.29. The molecule has 0 radical (unpaired) electrons. The number of allylic oxidation sites excluding steroid dienone is 2. The van der Waals surface area contributed by atoms with Gasteiger partial charge in [0.25, 0.3) is 0 Å². The molecule has 0 saturated carbocycles. The van der Waals surface area contributed by atoms with E-state index >= 15 is 0 Å². The molecular weight excluding hydrogens is 222 g/mol. The molecule has 18 heavy (non-hydrogen) atoms. The Balaban J connectivity index is 2.04. The first-order chi connectivity index (χ1) is 8.75. The minimum absolute atomic E-state index is 0.114. The van der Waals surface area contributed by atoms with Gasteiger partial charge in [0, 0.05) is 13.0 Å². The van der Waals surface area contributed by atoms with Crippen molar-refractivity contribution in [2.75, 3.05) is 13.1 Å². The minimum atomic E-state index is 0.114. The third-order valence-electron chi connectivity index (χ3n) is 3.35. The lowest BCUT2D eigenvalue weighted by atomic mass is 10.1. The van der Waals surface area contributed by atoms with Gasteiger partial charge in [-0.2, -0.15) is 0 Å². The van der Waals surface area contributed by atoms with Crippen molar-refractivity contribution in [1.29, 1.82) is 0 Å². The Bertz CT molecular complexity index is 269. The molecule has 3 nitrogen and oxygen atoms in total. The Morgan fingerprint density at radius 1 is 1.28 bits per heavy atom. The molecule has 0 spiro atoms. The van der Waals surface area contributed by atoms with Gasteiger partial charge in [-0.15, -0.1) is 0 Å². The maximum absolute atomic E-state index is 5.92. The van der Waals surface area contributed by atoms with E-state index in [9.17, 15) is 0 Å². The number of aliphatic imine (C=N–C) groups is 1. The highest BCUT2D eigenvalue weighted by Crippen LogP contribution is 2.12. The van der Waals surface area contributed by atoms with Crippen molar-refractivity contribution >= 4 is 5.84 Å². The lowest BCUT2D eigenvalue weighted by Gasteiger charge is -2.24. The maximum Gasteiger partial charge on any atom is 0.100 e. The summed E-state index contributed by atoms with van der Waals surface area (Å²) in [4.78, 5) is 6.78. The molecule has 1 atom stereocenters. The standard InChI is InChI=1S/C15H29N3/c1-3-4-5-6-7-8-9-10-11-15-17-12-13-18(15)14(2)16/h5-6,14H,3-4,7-13,16H2,1-2H3/b6-5+. The van der Waals surface area contributed by atoms with Gasteiger partial charge in [0.15, 0.2) is 0 Å². The van der Waals surface area contributed by atoms with Gasteiger partial charge in [-0.1, -0.05) is 31.9 Å². The monoisotopic (exact) mass is 251 g/mol. The van der Waals surface area contributed by atoms with Gasteiger partial charge < -0.3 is 10.6 Å². The van der Waals surface area contributed by atoms with E-state index in [0.717, 1.165) is 19.5 Å². The van der Waals surface area contributed by atoms with Crippen LogP contribution < -0.4 is 5.73 Å². The van der Waals surface area contributed by atoms with Crippen LogP contribution in [0, 0.1) is 0 Å². The lowest BCUT2D eigenvalue weighted by Crippen LogP contribution is -2.41. The number of nitrogens with zero attached hydrogens (tertiary/aromatic N) is 2. The van der Waals surface area contributed by atoms with Gasteiger partial charge in [-0.05, 0) is 32.6 Å². The predicted octanol–water partition coefficient (Wildman–Crippen LogP) is 3.31. The van der Waals surface area contributed by atoms with E-state index in [1.54, 1.807) is 0 Å². The second-order valence-corrected chi connectivity index (χ2v) is 5.09. The minimum Gasteiger partial charge on any atom is -0.343 e. The zero-order chi connectivity index (χ0) is 13.2. The van der Waals surface area contributed by atoms with Gasteiger partial charge in [0.1, 0.15) is 5.84 Å². The molecule has 1 heterocycles. The highest BCUT2D eigenvalue weighted by Gasteiger charge is 2.18. The SMILES string of the molecule is CCC/C=C/CCCCCC1=NCCN1C(C)N. The van der Waals surface area contributed by atoms with Crippen LogP contribution in [0.5, 0.6) is 0 Å². The van der Waals surface area contributed by atoms with Gasteiger partial charge >= 0.3 is 0 Å². The van der Waals surface area contributed by atoms with Crippen molar-refractivity contribution in [3.05, 3.63) is 12.2 Å². The molecule has 0 bridgehead atoms. The fourth-order valence-electron chi connectivity index (χ4n) is 2.29. The maximum atomic E-state index is 5.92. The van der Waals surface area contributed by atoms with Crippen LogP contribution in [0.2, 0.25) is 0 Å². The Morgan fingerprint density at radius 3 is 2.78 bits per heavy atom. The highest BCUT2D eigenvalue weighted by molar-refractivity contribution is 5.83. The first kappa shape index (κ1) is 15.2. The van der Waals surface area contributed by atoms with Crippen molar-refractivity contribution in [2.24, 2.45) is 10.7 Å². The second-order valence-electron chi connectivity index (χ2n) is 5.09. The zero-order valence-electron chi connectivity index (χ0n) is 12.1. The molecule has 1 aliphatic rings. The van der Waals surface area contributed by atoms with Crippen LogP contribution in [0.4, 0.5) is 0 Å². The molecule has 2 N–H and O–H groups in total. The summed E-state index contributed by atoms with van der Waals surface area (Å²) in [6.07, 6.45) is 13.4. The Labute approximate surface area is 112 Å². The van der Waals surface area contributed by atoms with E-state index in [1.807, 2.05) is 6.92 Å². The van der Waals surface area contributed by atoms with E-state index in [0.29, 0.717) is 0 Å². The van der Waals surface area contributed by atoms with Gasteiger partial charge in [0.05, 0.1) is 12.7 Å². The summed E-state index contributed by atoms with van der Waals surface area (Å²) < 4.78 is 0. The molecule has 1 rings (SSSR count). The van der Waals surface area contributed by atoms with Crippen LogP contribution in [0.15, 0.2) is 17.1 Å². The van der Waals surface area contributed by atoms with Crippen LogP contribution >= 0.6 is 0 Å². The van der Waals surface area contributed by atoms with Gasteiger partial charge in [-0.25, -0.2) is 0 Å². The molecule has 0 fully saturated rings. The fraction of sp³-hybridized carbons (Fsp3) is 0.800. The summed E-state index contributed by atoms with van der Waals surface area (Å²) in [6, 6.07) is 0. The molecule has 1 unspecified atom stereocenters. The van der Waals surface area contributed by atoms with Crippen LogP contribution in [-0.4, -0.2) is 30.0 Å². The van der Waals surface area contributed by atoms with Crippen molar-refractivity contribution < 1.29 is 0 Å². The molecule has 0 amide bonds. The average Bonchev–Trinajstić information content (AvgIpc) is 2.81. The molecule has 104 valence electrons. The summed E-state index contributed by atoms with van der Waals surface area (Å²) in [5.41, 5.74) is 5.92. The van der Waals surface area contributed by atoms with E-state index < -0.39 is 0 Å². The average molecular weight is 251 g/mol. The number of rotatable bonds is 9. The topological polar surface area (TPSA) is 41.6 Å². The summed E-state index contributed by atoms with van der Waals surface area (Å²) in [5, 5.41) is 0. The van der Waals surface area contributed by atoms with Crippen molar-refractivity contribution in [3.8, 4) is 0 Å². The van der Waals surface area contributed by atoms with Crippen molar-refractivity contribution in [2.45, 2.75) is 65.0 Å². The van der Waals surface area contributed by atoms with E-state index in [-0.39, 0.29) is 6.17 Å². The summed E-state index contributed by atoms with van der Waals surface area (Å²) in [7, 11) is 0. The van der Waals surface area contributed by atoms with Gasteiger partial charge in [0.2, 0.25) is 0 Å². The number of nitrogens with two attached hydrogens (primary N) is 1. The van der Waals surface area contributed by atoms with Crippen LogP contribution in [0.1, 0.15) is 58.8 Å². The smallest absolute Gasteiger partial charge is 0.100 e. The molecule has 0 saturated heterocycles. The largest absolute Gasteiger partial charge is 0.343 e. The third-order valence-corrected chi connectivity index (χ3v) is 3.35. The molecule has 1 aliphatic heterocycles. The summed E-state index contributed by atoms with van der Waals surface area (Å²) >= 11 is 0. The molecule has 0 aliphatic carbocycles. The molecular formula is C15H29N3. The number of hydrogen-bond donors (Lipinski definition) is 1. The molecule has 3 heteroatoms. The number of unbranched alkanes of at least 4 members (excludes halogenated alkanes) is 4. The van der Waals surface area contributed by atoms with E-state index in [2.05, 4.69) is 29.0 Å². The quantitative estimate of drug-likeness (QED) is 0.504. The van der Waals surface area contributed by atoms with Crippen LogP contribution in [0.3, 0.4) is 0 Å². The Kier molecular flexibility index (Phi) is 7.74. The van der Waals surface area contributed by atoms with Crippen molar-refractivity contribution in [3.63, 3.8) is 0 Å². The third kappa shape index (κ3) is 5.67. The molecule has 0 aromatic heterocycles. The number of hydrogen-bond acceptors (Lipinski definition) is 3. The highest BCUT2D eigenvalue weighted by atomic mass is 15.3. The van der Waals surface area contributed by atoms with Crippen LogP contribution in [-0.2, 0) is 0 Å². The molecule has 0 aromatic carbocycles. The molecule has 0 aromatic rings. The van der Waals surface area contributed by atoms with Crippen LogP contribution in [0.25, 0.3) is 0 Å². The first-order valence-electron chi connectivity index (χ1n) is 7.46. The predicted molar refractivity (Wildman–Crippen MR) is 79.8 cm³/mol. The summed E-state index contributed by atoms with van der Waals surface area (Å²) in [6.45, 7) is 6.19. The zero-order valence-corrected chi connectivity index (χ0v) is 12.1.